The summed E-state index contributed by atoms with van der Waals surface area (Å²) in [5, 5.41) is 5.42. The smallest absolute Gasteiger partial charge is 0.252 e. The first kappa shape index (κ1) is 21.4. The van der Waals surface area contributed by atoms with Gasteiger partial charge in [0.1, 0.15) is 11.6 Å². The molecule has 3 aromatic rings. The van der Waals surface area contributed by atoms with Crippen LogP contribution in [0, 0.1) is 5.82 Å². The van der Waals surface area contributed by atoms with Gasteiger partial charge >= 0.3 is 0 Å². The number of rotatable bonds is 8. The van der Waals surface area contributed by atoms with Crippen LogP contribution in [-0.4, -0.2) is 29.9 Å². The standard InChI is InChI=1S/C22H19BrFN3O3/c23-17-2-1-3-19(13-17)30-21-9-6-16(14-27-21)22(29)26-11-10-25-20(28)12-15-4-7-18(24)8-5-15/h1-9,13-14H,10-12H2,(H,25,28)(H,26,29). The Morgan fingerprint density at radius 2 is 1.77 bits per heavy atom. The molecule has 0 saturated carbocycles. The van der Waals surface area contributed by atoms with Crippen LogP contribution in [0.4, 0.5) is 4.39 Å². The zero-order valence-electron chi connectivity index (χ0n) is 15.9. The van der Waals surface area contributed by atoms with Crippen LogP contribution in [0.25, 0.3) is 0 Å². The van der Waals surface area contributed by atoms with Crippen molar-refractivity contribution in [2.24, 2.45) is 0 Å². The van der Waals surface area contributed by atoms with E-state index in [-0.39, 0.29) is 37.1 Å². The maximum Gasteiger partial charge on any atom is 0.252 e. The molecular weight excluding hydrogens is 453 g/mol. The number of carbonyl (C=O) groups excluding carboxylic acids is 2. The van der Waals surface area contributed by atoms with E-state index in [2.05, 4.69) is 31.5 Å². The highest BCUT2D eigenvalue weighted by molar-refractivity contribution is 9.10. The summed E-state index contributed by atoms with van der Waals surface area (Å²) in [6, 6.07) is 16.3. The quantitative estimate of drug-likeness (QED) is 0.488. The molecule has 3 rings (SSSR count). The topological polar surface area (TPSA) is 80.3 Å². The second kappa shape index (κ2) is 10.5. The number of hydrogen-bond acceptors (Lipinski definition) is 4. The van der Waals surface area contributed by atoms with Gasteiger partial charge in [-0.1, -0.05) is 34.1 Å². The molecule has 30 heavy (non-hydrogen) atoms. The lowest BCUT2D eigenvalue weighted by atomic mass is 10.1. The van der Waals surface area contributed by atoms with Crippen molar-refractivity contribution < 1.29 is 18.7 Å². The maximum absolute atomic E-state index is 12.9. The molecule has 1 heterocycles. The van der Waals surface area contributed by atoms with Crippen molar-refractivity contribution in [2.75, 3.05) is 13.1 Å². The number of amides is 2. The van der Waals surface area contributed by atoms with Gasteiger partial charge in [0.2, 0.25) is 11.8 Å². The zero-order chi connectivity index (χ0) is 21.3. The Hall–Kier alpha value is -3.26. The van der Waals surface area contributed by atoms with Crippen molar-refractivity contribution in [1.82, 2.24) is 15.6 Å². The van der Waals surface area contributed by atoms with Crippen LogP contribution in [0.5, 0.6) is 11.6 Å². The molecule has 1 aromatic heterocycles. The number of nitrogens with zero attached hydrogens (tertiary/aromatic N) is 1. The third-order valence-electron chi connectivity index (χ3n) is 4.03. The van der Waals surface area contributed by atoms with Gasteiger partial charge < -0.3 is 15.4 Å². The number of benzene rings is 2. The molecule has 2 N–H and O–H groups in total. The van der Waals surface area contributed by atoms with Crippen LogP contribution in [0.2, 0.25) is 0 Å². The van der Waals surface area contributed by atoms with Gasteiger partial charge in [-0.15, -0.1) is 0 Å². The summed E-state index contributed by atoms with van der Waals surface area (Å²) < 4.78 is 19.4. The molecule has 0 aliphatic rings. The van der Waals surface area contributed by atoms with Gasteiger partial charge in [-0.05, 0) is 42.0 Å². The second-order valence-corrected chi connectivity index (χ2v) is 7.27. The molecular formula is C22H19BrFN3O3. The maximum atomic E-state index is 12.9. The lowest BCUT2D eigenvalue weighted by Crippen LogP contribution is -2.35. The van der Waals surface area contributed by atoms with Crippen molar-refractivity contribution in [3.05, 3.63) is 88.3 Å². The van der Waals surface area contributed by atoms with Crippen molar-refractivity contribution >= 4 is 27.7 Å². The van der Waals surface area contributed by atoms with Gasteiger partial charge in [-0.25, -0.2) is 9.37 Å². The minimum absolute atomic E-state index is 0.150. The summed E-state index contributed by atoms with van der Waals surface area (Å²) in [5.74, 6) is 0.156. The fraction of sp³-hybridized carbons (Fsp3) is 0.136. The van der Waals surface area contributed by atoms with E-state index in [4.69, 9.17) is 4.74 Å². The van der Waals surface area contributed by atoms with Crippen LogP contribution in [0.15, 0.2) is 71.3 Å². The van der Waals surface area contributed by atoms with Gasteiger partial charge in [0.25, 0.3) is 5.91 Å². The minimum atomic E-state index is -0.343. The second-order valence-electron chi connectivity index (χ2n) is 6.35. The molecule has 2 amide bonds. The van der Waals surface area contributed by atoms with E-state index in [0.29, 0.717) is 22.8 Å². The summed E-state index contributed by atoms with van der Waals surface area (Å²) in [6.07, 6.45) is 1.58. The first-order chi connectivity index (χ1) is 14.5. The van der Waals surface area contributed by atoms with E-state index in [1.165, 1.54) is 18.3 Å². The third kappa shape index (κ3) is 6.66. The normalized spacial score (nSPS) is 10.3. The van der Waals surface area contributed by atoms with Gasteiger partial charge in [0.15, 0.2) is 0 Å². The van der Waals surface area contributed by atoms with Crippen molar-refractivity contribution in [1.29, 1.82) is 0 Å². The molecule has 0 spiro atoms. The number of ether oxygens (including phenoxy) is 1. The minimum Gasteiger partial charge on any atom is -0.439 e. The van der Waals surface area contributed by atoms with E-state index in [1.54, 1.807) is 30.3 Å². The monoisotopic (exact) mass is 471 g/mol. The van der Waals surface area contributed by atoms with E-state index in [9.17, 15) is 14.0 Å². The fourth-order valence-corrected chi connectivity index (χ4v) is 2.93. The number of carbonyl (C=O) groups is 2. The highest BCUT2D eigenvalue weighted by Gasteiger charge is 2.08. The molecule has 0 aliphatic carbocycles. The van der Waals surface area contributed by atoms with Gasteiger partial charge in [-0.2, -0.15) is 0 Å². The van der Waals surface area contributed by atoms with Crippen LogP contribution in [0.3, 0.4) is 0 Å². The molecule has 8 heteroatoms. The highest BCUT2D eigenvalue weighted by atomic mass is 79.9. The molecule has 2 aromatic carbocycles. The number of aromatic nitrogens is 1. The average molecular weight is 472 g/mol. The Labute approximate surface area is 181 Å². The Kier molecular flexibility index (Phi) is 7.51. The molecule has 154 valence electrons. The molecule has 0 saturated heterocycles. The Bertz CT molecular complexity index is 1010. The third-order valence-corrected chi connectivity index (χ3v) is 4.52. The summed E-state index contributed by atoms with van der Waals surface area (Å²) in [4.78, 5) is 28.2. The van der Waals surface area contributed by atoms with Crippen LogP contribution < -0.4 is 15.4 Å². The highest BCUT2D eigenvalue weighted by Crippen LogP contribution is 2.22. The Balaban J connectivity index is 1.40. The van der Waals surface area contributed by atoms with Crippen LogP contribution >= 0.6 is 15.9 Å². The predicted molar refractivity (Wildman–Crippen MR) is 114 cm³/mol. The molecule has 0 bridgehead atoms. The lowest BCUT2D eigenvalue weighted by molar-refractivity contribution is -0.120. The molecule has 0 atom stereocenters. The largest absolute Gasteiger partial charge is 0.439 e. The first-order valence-electron chi connectivity index (χ1n) is 9.18. The zero-order valence-corrected chi connectivity index (χ0v) is 17.5. The van der Waals surface area contributed by atoms with Crippen molar-refractivity contribution in [3.8, 4) is 11.6 Å². The van der Waals surface area contributed by atoms with E-state index in [1.807, 2.05) is 18.2 Å². The fourth-order valence-electron chi connectivity index (χ4n) is 2.56. The Morgan fingerprint density at radius 1 is 1.00 bits per heavy atom. The van der Waals surface area contributed by atoms with Crippen LogP contribution in [-0.2, 0) is 11.2 Å². The molecule has 0 unspecified atom stereocenters. The number of halogens is 2. The van der Waals surface area contributed by atoms with Gasteiger partial charge in [-0.3, -0.25) is 9.59 Å². The number of hydrogen-bond donors (Lipinski definition) is 2. The van der Waals surface area contributed by atoms with E-state index in [0.717, 1.165) is 4.47 Å². The molecule has 0 aliphatic heterocycles. The molecule has 0 radical (unpaired) electrons. The van der Waals surface area contributed by atoms with Crippen molar-refractivity contribution in [3.63, 3.8) is 0 Å². The summed E-state index contributed by atoms with van der Waals surface area (Å²) >= 11 is 3.37. The SMILES string of the molecule is O=C(Cc1ccc(F)cc1)NCCNC(=O)c1ccc(Oc2cccc(Br)c2)nc1. The molecule has 0 fully saturated rings. The number of pyridine rings is 1. The summed E-state index contributed by atoms with van der Waals surface area (Å²) in [6.45, 7) is 0.549. The van der Waals surface area contributed by atoms with E-state index < -0.39 is 0 Å². The van der Waals surface area contributed by atoms with Gasteiger partial charge in [0, 0.05) is 29.8 Å². The van der Waals surface area contributed by atoms with Crippen LogP contribution in [0.1, 0.15) is 15.9 Å². The molecule has 6 nitrogen and oxygen atoms in total. The van der Waals surface area contributed by atoms with E-state index >= 15 is 0 Å². The summed E-state index contributed by atoms with van der Waals surface area (Å²) in [5.41, 5.74) is 1.10. The number of nitrogens with one attached hydrogen (secondary N) is 2. The average Bonchev–Trinajstić information content (AvgIpc) is 2.73. The lowest BCUT2D eigenvalue weighted by Gasteiger charge is -2.08. The Morgan fingerprint density at radius 3 is 2.47 bits per heavy atom. The summed E-state index contributed by atoms with van der Waals surface area (Å²) in [7, 11) is 0. The first-order valence-corrected chi connectivity index (χ1v) is 9.98. The van der Waals surface area contributed by atoms with Crippen molar-refractivity contribution in [2.45, 2.75) is 6.42 Å². The van der Waals surface area contributed by atoms with Gasteiger partial charge in [0.05, 0.1) is 12.0 Å². The predicted octanol–water partition coefficient (Wildman–Crippen LogP) is 3.86.